The van der Waals surface area contributed by atoms with Crippen molar-refractivity contribution in [1.82, 2.24) is 16.0 Å². The summed E-state index contributed by atoms with van der Waals surface area (Å²) in [5, 5.41) is 10.6. The summed E-state index contributed by atoms with van der Waals surface area (Å²) in [4.78, 5) is 4.60. The molecule has 0 aromatic rings. The second-order valence-corrected chi connectivity index (χ2v) is 6.65. The molecule has 4 nitrogen and oxygen atoms in total. The van der Waals surface area contributed by atoms with E-state index in [4.69, 9.17) is 0 Å². The van der Waals surface area contributed by atoms with Crippen molar-refractivity contribution in [2.24, 2.45) is 4.99 Å². The average Bonchev–Trinajstić information content (AvgIpc) is 2.36. The first-order valence-electron chi connectivity index (χ1n) is 8.31. The van der Waals surface area contributed by atoms with Crippen molar-refractivity contribution in [1.29, 1.82) is 0 Å². The quantitative estimate of drug-likeness (QED) is 0.518. The van der Waals surface area contributed by atoms with Crippen molar-refractivity contribution in [2.75, 3.05) is 6.54 Å². The van der Waals surface area contributed by atoms with Crippen LogP contribution in [-0.2, 0) is 0 Å². The zero-order valence-electron chi connectivity index (χ0n) is 14.0. The van der Waals surface area contributed by atoms with Gasteiger partial charge in [0.15, 0.2) is 5.96 Å². The molecule has 1 saturated carbocycles. The van der Waals surface area contributed by atoms with Gasteiger partial charge in [-0.05, 0) is 47.5 Å². The lowest BCUT2D eigenvalue weighted by atomic mass is 9.95. The van der Waals surface area contributed by atoms with E-state index in [1.165, 1.54) is 32.1 Å². The van der Waals surface area contributed by atoms with Gasteiger partial charge in [-0.15, -0.1) is 0 Å². The maximum Gasteiger partial charge on any atom is 0.191 e. The summed E-state index contributed by atoms with van der Waals surface area (Å²) >= 11 is 0. The topological polar surface area (TPSA) is 48.5 Å². The molecule has 4 heteroatoms. The van der Waals surface area contributed by atoms with Gasteiger partial charge in [-0.2, -0.15) is 0 Å². The van der Waals surface area contributed by atoms with Crippen LogP contribution in [0.4, 0.5) is 0 Å². The van der Waals surface area contributed by atoms with E-state index in [1.807, 2.05) is 0 Å². The summed E-state index contributed by atoms with van der Waals surface area (Å²) in [7, 11) is 0. The molecule has 0 saturated heterocycles. The van der Waals surface area contributed by atoms with Crippen LogP contribution < -0.4 is 16.0 Å². The highest BCUT2D eigenvalue weighted by atomic mass is 15.2. The first-order valence-corrected chi connectivity index (χ1v) is 8.31. The van der Waals surface area contributed by atoms with Gasteiger partial charge in [-0.3, -0.25) is 4.99 Å². The molecular weight excluding hydrogens is 248 g/mol. The van der Waals surface area contributed by atoms with E-state index >= 15 is 0 Å². The number of hydrogen-bond donors (Lipinski definition) is 3. The maximum atomic E-state index is 4.60. The Bertz CT molecular complexity index is 280. The van der Waals surface area contributed by atoms with Gasteiger partial charge in [0.05, 0.1) is 0 Å². The van der Waals surface area contributed by atoms with E-state index in [0.29, 0.717) is 24.2 Å². The van der Waals surface area contributed by atoms with E-state index in [9.17, 15) is 0 Å². The van der Waals surface area contributed by atoms with E-state index in [2.05, 4.69) is 55.6 Å². The molecular formula is C16H34N4. The Kier molecular flexibility index (Phi) is 7.97. The van der Waals surface area contributed by atoms with Gasteiger partial charge in [-0.1, -0.05) is 19.3 Å². The van der Waals surface area contributed by atoms with Gasteiger partial charge in [0.25, 0.3) is 0 Å². The monoisotopic (exact) mass is 282 g/mol. The average molecular weight is 282 g/mol. The molecule has 0 aliphatic heterocycles. The zero-order valence-corrected chi connectivity index (χ0v) is 14.0. The van der Waals surface area contributed by atoms with Gasteiger partial charge in [-0.25, -0.2) is 0 Å². The summed E-state index contributed by atoms with van der Waals surface area (Å²) in [5.74, 6) is 0.923. The van der Waals surface area contributed by atoms with Crippen molar-refractivity contribution < 1.29 is 0 Å². The maximum absolute atomic E-state index is 4.60. The highest BCUT2D eigenvalue weighted by Gasteiger charge is 2.15. The molecule has 0 bridgehead atoms. The van der Waals surface area contributed by atoms with Gasteiger partial charge < -0.3 is 16.0 Å². The second-order valence-electron chi connectivity index (χ2n) is 6.65. The second kappa shape index (κ2) is 9.22. The van der Waals surface area contributed by atoms with Crippen LogP contribution in [0.3, 0.4) is 0 Å². The van der Waals surface area contributed by atoms with Crippen molar-refractivity contribution >= 4 is 5.96 Å². The third-order valence-electron chi connectivity index (χ3n) is 3.51. The van der Waals surface area contributed by atoms with Crippen LogP contribution in [-0.4, -0.2) is 36.7 Å². The summed E-state index contributed by atoms with van der Waals surface area (Å²) < 4.78 is 0. The van der Waals surface area contributed by atoms with Crippen LogP contribution in [0, 0.1) is 0 Å². The van der Waals surface area contributed by atoms with E-state index in [1.54, 1.807) is 0 Å². The van der Waals surface area contributed by atoms with E-state index < -0.39 is 0 Å². The van der Waals surface area contributed by atoms with Gasteiger partial charge in [0, 0.05) is 30.7 Å². The Labute approximate surface area is 125 Å². The van der Waals surface area contributed by atoms with Crippen LogP contribution in [0.25, 0.3) is 0 Å². The molecule has 1 unspecified atom stereocenters. The zero-order chi connectivity index (χ0) is 15.0. The highest BCUT2D eigenvalue weighted by Crippen LogP contribution is 2.17. The Hall–Kier alpha value is -0.770. The largest absolute Gasteiger partial charge is 0.355 e. The normalized spacial score (nSPS) is 19.4. The lowest BCUT2D eigenvalue weighted by Gasteiger charge is -2.27. The third kappa shape index (κ3) is 7.73. The SMILES string of the molecule is CC(C)N=C(NCC(C)NC1CCCCC1)NC(C)C. The molecule has 1 aliphatic rings. The van der Waals surface area contributed by atoms with Gasteiger partial charge in [0.1, 0.15) is 0 Å². The summed E-state index contributed by atoms with van der Waals surface area (Å²) in [6.45, 7) is 11.7. The smallest absolute Gasteiger partial charge is 0.191 e. The van der Waals surface area contributed by atoms with E-state index in [-0.39, 0.29) is 0 Å². The standard InChI is InChI=1S/C16H34N4/c1-12(2)18-16(19-13(3)4)17-11-14(5)20-15-9-7-6-8-10-15/h12-15,20H,6-11H2,1-5H3,(H2,17,18,19). The molecule has 0 radical (unpaired) electrons. The van der Waals surface area contributed by atoms with Crippen molar-refractivity contribution in [3.05, 3.63) is 0 Å². The number of nitrogens with one attached hydrogen (secondary N) is 3. The Morgan fingerprint density at radius 2 is 1.70 bits per heavy atom. The van der Waals surface area contributed by atoms with Crippen molar-refractivity contribution in [3.63, 3.8) is 0 Å². The summed E-state index contributed by atoms with van der Waals surface area (Å²) in [5.41, 5.74) is 0. The predicted octanol–water partition coefficient (Wildman–Crippen LogP) is 2.65. The summed E-state index contributed by atoms with van der Waals surface area (Å²) in [6, 6.07) is 1.90. The fraction of sp³-hybridized carbons (Fsp3) is 0.938. The number of guanidine groups is 1. The molecule has 0 heterocycles. The molecule has 0 spiro atoms. The molecule has 1 atom stereocenters. The van der Waals surface area contributed by atoms with Crippen LogP contribution in [0.2, 0.25) is 0 Å². The Morgan fingerprint density at radius 1 is 1.05 bits per heavy atom. The molecule has 3 N–H and O–H groups in total. The molecule has 1 rings (SSSR count). The van der Waals surface area contributed by atoms with E-state index in [0.717, 1.165) is 12.5 Å². The number of aliphatic imine (C=N–C) groups is 1. The van der Waals surface area contributed by atoms with Crippen LogP contribution in [0.5, 0.6) is 0 Å². The van der Waals surface area contributed by atoms with Gasteiger partial charge >= 0.3 is 0 Å². The first-order chi connectivity index (χ1) is 9.47. The van der Waals surface area contributed by atoms with Crippen molar-refractivity contribution in [2.45, 2.75) is 90.9 Å². The van der Waals surface area contributed by atoms with Crippen molar-refractivity contribution in [3.8, 4) is 0 Å². The highest BCUT2D eigenvalue weighted by molar-refractivity contribution is 5.80. The molecule has 118 valence electrons. The molecule has 20 heavy (non-hydrogen) atoms. The van der Waals surface area contributed by atoms with Crippen LogP contribution >= 0.6 is 0 Å². The fourth-order valence-corrected chi connectivity index (χ4v) is 2.65. The lowest BCUT2D eigenvalue weighted by Crippen LogP contribution is -2.48. The molecule has 0 amide bonds. The molecule has 0 aromatic heterocycles. The lowest BCUT2D eigenvalue weighted by molar-refractivity contribution is 0.342. The molecule has 1 aliphatic carbocycles. The Morgan fingerprint density at radius 3 is 2.25 bits per heavy atom. The number of rotatable bonds is 6. The van der Waals surface area contributed by atoms with Crippen LogP contribution in [0.1, 0.15) is 66.7 Å². The fourth-order valence-electron chi connectivity index (χ4n) is 2.65. The summed E-state index contributed by atoms with van der Waals surface area (Å²) in [6.07, 6.45) is 6.84. The third-order valence-corrected chi connectivity index (χ3v) is 3.51. The van der Waals surface area contributed by atoms with Gasteiger partial charge in [0.2, 0.25) is 0 Å². The molecule has 1 fully saturated rings. The minimum atomic E-state index is 0.311. The minimum Gasteiger partial charge on any atom is -0.355 e. The first kappa shape index (κ1) is 17.3. The molecule has 0 aromatic carbocycles. The minimum absolute atomic E-state index is 0.311. The number of nitrogens with zero attached hydrogens (tertiary/aromatic N) is 1. The predicted molar refractivity (Wildman–Crippen MR) is 88.3 cm³/mol. The van der Waals surface area contributed by atoms with Crippen LogP contribution in [0.15, 0.2) is 4.99 Å². The number of hydrogen-bond acceptors (Lipinski definition) is 2. The Balaban J connectivity index is 2.33.